The number of rotatable bonds is 2. The van der Waals surface area contributed by atoms with Crippen LogP contribution in [-0.4, -0.2) is 4.98 Å². The first-order valence-electron chi connectivity index (χ1n) is 4.64. The molecule has 78 valence electrons. The second kappa shape index (κ2) is 4.60. The molecular weight excluding hydrogens is 220 g/mol. The summed E-state index contributed by atoms with van der Waals surface area (Å²) in [5.74, 6) is 0. The molecule has 0 amide bonds. The Labute approximate surface area is 96.3 Å². The van der Waals surface area contributed by atoms with Gasteiger partial charge in [0.2, 0.25) is 0 Å². The van der Waals surface area contributed by atoms with Gasteiger partial charge in [-0.3, -0.25) is 4.79 Å². The molecule has 1 aromatic heterocycles. The molecule has 1 heterocycles. The first-order chi connectivity index (χ1) is 7.79. The summed E-state index contributed by atoms with van der Waals surface area (Å²) in [6.45, 7) is 0. The molecule has 1 N–H and O–H groups in total. The Morgan fingerprint density at radius 3 is 2.62 bits per heavy atom. The first-order valence-corrected chi connectivity index (χ1v) is 5.52. The van der Waals surface area contributed by atoms with Crippen LogP contribution in [0.2, 0.25) is 0 Å². The van der Waals surface area contributed by atoms with Gasteiger partial charge in [0.15, 0.2) is 0 Å². The van der Waals surface area contributed by atoms with Crippen molar-refractivity contribution in [2.24, 2.45) is 0 Å². The molecule has 0 aliphatic carbocycles. The average molecular weight is 228 g/mol. The fraction of sp³-hybridized carbons (Fsp3) is 0. The highest BCUT2D eigenvalue weighted by molar-refractivity contribution is 7.07. The molecule has 0 aliphatic rings. The van der Waals surface area contributed by atoms with Crippen molar-refractivity contribution in [3.63, 3.8) is 0 Å². The summed E-state index contributed by atoms with van der Waals surface area (Å²) in [6.07, 6.45) is 3.17. The molecule has 0 radical (unpaired) electrons. The van der Waals surface area contributed by atoms with Crippen LogP contribution < -0.4 is 4.87 Å². The molecule has 0 spiro atoms. The lowest BCUT2D eigenvalue weighted by molar-refractivity contribution is 1.34. The van der Waals surface area contributed by atoms with E-state index in [1.807, 2.05) is 30.3 Å². The van der Waals surface area contributed by atoms with Crippen molar-refractivity contribution in [3.8, 4) is 17.3 Å². The number of nitriles is 1. The normalized spacial score (nSPS) is 10.4. The third kappa shape index (κ3) is 2.27. The fourth-order valence-electron chi connectivity index (χ4n) is 1.33. The van der Waals surface area contributed by atoms with Gasteiger partial charge in [0, 0.05) is 11.5 Å². The van der Waals surface area contributed by atoms with Gasteiger partial charge in [0.1, 0.15) is 0 Å². The van der Waals surface area contributed by atoms with E-state index in [1.54, 1.807) is 11.5 Å². The monoisotopic (exact) mass is 228 g/mol. The molecule has 0 unspecified atom stereocenters. The van der Waals surface area contributed by atoms with Gasteiger partial charge in [-0.05, 0) is 17.2 Å². The van der Waals surface area contributed by atoms with E-state index in [2.05, 4.69) is 4.98 Å². The summed E-state index contributed by atoms with van der Waals surface area (Å²) in [6, 6.07) is 9.57. The van der Waals surface area contributed by atoms with Crippen LogP contribution in [0.15, 0.2) is 40.5 Å². The largest absolute Gasteiger partial charge is 0.312 e. The Balaban J connectivity index is 2.30. The van der Waals surface area contributed by atoms with Gasteiger partial charge in [0.25, 0.3) is 0 Å². The van der Waals surface area contributed by atoms with Gasteiger partial charge in [-0.1, -0.05) is 35.6 Å². The molecular formula is C12H8N2OS. The third-order valence-electron chi connectivity index (χ3n) is 2.09. The number of aromatic nitrogens is 1. The lowest BCUT2D eigenvalue weighted by atomic mass is 10.1. The Morgan fingerprint density at radius 2 is 2.06 bits per heavy atom. The molecule has 16 heavy (non-hydrogen) atoms. The van der Waals surface area contributed by atoms with E-state index < -0.39 is 0 Å². The molecule has 0 atom stereocenters. The zero-order chi connectivity index (χ0) is 11.4. The maximum absolute atomic E-state index is 11.0. The van der Waals surface area contributed by atoms with Gasteiger partial charge in [-0.25, -0.2) is 0 Å². The van der Waals surface area contributed by atoms with Crippen LogP contribution in [0, 0.1) is 11.3 Å². The minimum Gasteiger partial charge on any atom is -0.312 e. The van der Waals surface area contributed by atoms with Crippen LogP contribution in [0.4, 0.5) is 0 Å². The van der Waals surface area contributed by atoms with E-state index in [4.69, 9.17) is 5.26 Å². The lowest BCUT2D eigenvalue weighted by Crippen LogP contribution is -1.92. The van der Waals surface area contributed by atoms with E-state index >= 15 is 0 Å². The molecule has 0 aliphatic heterocycles. The summed E-state index contributed by atoms with van der Waals surface area (Å²) in [4.78, 5) is 13.7. The Morgan fingerprint density at radius 1 is 1.31 bits per heavy atom. The van der Waals surface area contributed by atoms with Gasteiger partial charge in [-0.15, -0.1) is 0 Å². The van der Waals surface area contributed by atoms with Crippen LogP contribution in [0.25, 0.3) is 17.3 Å². The van der Waals surface area contributed by atoms with Crippen LogP contribution in [-0.2, 0) is 0 Å². The number of thiazole rings is 1. The van der Waals surface area contributed by atoms with Crippen molar-refractivity contribution >= 4 is 17.4 Å². The second-order valence-electron chi connectivity index (χ2n) is 3.15. The summed E-state index contributed by atoms with van der Waals surface area (Å²) in [5.41, 5.74) is 2.75. The average Bonchev–Trinajstić information content (AvgIpc) is 2.74. The van der Waals surface area contributed by atoms with Crippen LogP contribution >= 0.6 is 11.3 Å². The van der Waals surface area contributed by atoms with Crippen molar-refractivity contribution in [1.29, 1.82) is 5.26 Å². The smallest absolute Gasteiger partial charge is 0.304 e. The van der Waals surface area contributed by atoms with Gasteiger partial charge >= 0.3 is 4.87 Å². The number of hydrogen-bond donors (Lipinski definition) is 1. The highest BCUT2D eigenvalue weighted by atomic mass is 32.1. The third-order valence-corrected chi connectivity index (χ3v) is 2.76. The molecule has 0 saturated carbocycles. The van der Waals surface area contributed by atoms with Crippen molar-refractivity contribution in [2.45, 2.75) is 0 Å². The molecule has 3 nitrogen and oxygen atoms in total. The van der Waals surface area contributed by atoms with E-state index in [9.17, 15) is 4.79 Å². The topological polar surface area (TPSA) is 56.6 Å². The van der Waals surface area contributed by atoms with Crippen molar-refractivity contribution in [2.75, 3.05) is 0 Å². The minimum atomic E-state index is -0.0524. The summed E-state index contributed by atoms with van der Waals surface area (Å²) < 4.78 is 0. The lowest BCUT2D eigenvalue weighted by Gasteiger charge is -1.97. The maximum Gasteiger partial charge on any atom is 0.304 e. The van der Waals surface area contributed by atoms with E-state index in [-0.39, 0.29) is 4.87 Å². The van der Waals surface area contributed by atoms with Crippen molar-refractivity contribution < 1.29 is 0 Å². The second-order valence-corrected chi connectivity index (χ2v) is 3.99. The van der Waals surface area contributed by atoms with E-state index in [0.717, 1.165) is 28.2 Å². The Bertz CT molecular complexity index is 599. The quantitative estimate of drug-likeness (QED) is 0.803. The SMILES string of the molecule is N#CC=Cc1ccc(-c2csc(=O)[nH]2)cc1. The van der Waals surface area contributed by atoms with Crippen LogP contribution in [0.3, 0.4) is 0 Å². The molecule has 1 aromatic carbocycles. The zero-order valence-corrected chi connectivity index (χ0v) is 9.12. The number of H-pyrrole nitrogens is 1. The predicted molar refractivity (Wildman–Crippen MR) is 65.0 cm³/mol. The number of allylic oxidation sites excluding steroid dienone is 1. The number of hydrogen-bond acceptors (Lipinski definition) is 3. The molecule has 0 fully saturated rings. The van der Waals surface area contributed by atoms with E-state index in [0.29, 0.717) is 0 Å². The number of benzene rings is 1. The fourth-order valence-corrected chi connectivity index (χ4v) is 1.92. The Kier molecular flexibility index (Phi) is 2.99. The molecule has 2 aromatic rings. The molecule has 0 bridgehead atoms. The summed E-state index contributed by atoms with van der Waals surface area (Å²) >= 11 is 1.15. The van der Waals surface area contributed by atoms with Gasteiger partial charge in [0.05, 0.1) is 11.8 Å². The molecule has 2 rings (SSSR count). The number of nitrogens with one attached hydrogen (secondary N) is 1. The van der Waals surface area contributed by atoms with E-state index in [1.165, 1.54) is 6.08 Å². The number of nitrogens with zero attached hydrogens (tertiary/aromatic N) is 1. The molecule has 4 heteroatoms. The summed E-state index contributed by atoms with van der Waals surface area (Å²) in [7, 11) is 0. The first kappa shape index (κ1) is 10.4. The molecule has 0 saturated heterocycles. The van der Waals surface area contributed by atoms with Crippen molar-refractivity contribution in [1.82, 2.24) is 4.98 Å². The maximum atomic E-state index is 11.0. The zero-order valence-electron chi connectivity index (χ0n) is 8.31. The minimum absolute atomic E-state index is 0.0524. The van der Waals surface area contributed by atoms with Gasteiger partial charge < -0.3 is 4.98 Å². The highest BCUT2D eigenvalue weighted by Crippen LogP contribution is 2.18. The summed E-state index contributed by atoms with van der Waals surface area (Å²) in [5, 5.41) is 10.2. The van der Waals surface area contributed by atoms with Gasteiger partial charge in [-0.2, -0.15) is 5.26 Å². The van der Waals surface area contributed by atoms with Crippen LogP contribution in [0.5, 0.6) is 0 Å². The standard InChI is InChI=1S/C12H8N2OS/c13-7-1-2-9-3-5-10(6-4-9)11-8-16-12(15)14-11/h1-6,8H,(H,14,15). The number of aromatic amines is 1. The van der Waals surface area contributed by atoms with Crippen LogP contribution in [0.1, 0.15) is 5.56 Å². The predicted octanol–water partition coefficient (Wildman–Crippen LogP) is 2.64. The highest BCUT2D eigenvalue weighted by Gasteiger charge is 1.99. The Hall–Kier alpha value is -2.12. The van der Waals surface area contributed by atoms with Crippen molar-refractivity contribution in [3.05, 3.63) is 51.0 Å².